The van der Waals surface area contributed by atoms with Crippen molar-refractivity contribution in [3.63, 3.8) is 0 Å². The van der Waals surface area contributed by atoms with E-state index in [1.54, 1.807) is 18.0 Å². The molecule has 2 heterocycles. The van der Waals surface area contributed by atoms with E-state index in [0.29, 0.717) is 43.7 Å². The zero-order valence-electron chi connectivity index (χ0n) is 25.5. The van der Waals surface area contributed by atoms with Crippen molar-refractivity contribution in [2.24, 2.45) is 0 Å². The van der Waals surface area contributed by atoms with Crippen LogP contribution in [-0.2, 0) is 31.0 Å². The molecular weight excluding hydrogens is 544 g/mol. The second kappa shape index (κ2) is 10.6. The van der Waals surface area contributed by atoms with Gasteiger partial charge in [-0.25, -0.2) is 0 Å². The van der Waals surface area contributed by atoms with Gasteiger partial charge in [-0.3, -0.25) is 19.3 Å². The van der Waals surface area contributed by atoms with Gasteiger partial charge in [-0.1, -0.05) is 24.1 Å². The van der Waals surface area contributed by atoms with Crippen LogP contribution in [0.4, 0.5) is 0 Å². The van der Waals surface area contributed by atoms with Crippen LogP contribution < -0.4 is 9.47 Å². The van der Waals surface area contributed by atoms with Gasteiger partial charge in [0.1, 0.15) is 11.7 Å². The molecule has 0 N–H and O–H groups in total. The minimum absolute atomic E-state index is 0.0983. The van der Waals surface area contributed by atoms with Crippen molar-refractivity contribution >= 4 is 17.8 Å². The fourth-order valence-corrected chi connectivity index (χ4v) is 8.23. The third-order valence-electron chi connectivity index (χ3n) is 10.1. The predicted molar refractivity (Wildman–Crippen MR) is 161 cm³/mol. The van der Waals surface area contributed by atoms with Gasteiger partial charge in [0.25, 0.3) is 5.91 Å². The van der Waals surface area contributed by atoms with Gasteiger partial charge in [-0.2, -0.15) is 0 Å². The lowest BCUT2D eigenvalue weighted by molar-refractivity contribution is -0.222. The lowest BCUT2D eigenvalue weighted by Crippen LogP contribution is -2.79. The molecule has 2 aliphatic heterocycles. The first kappa shape index (κ1) is 29.0. The van der Waals surface area contributed by atoms with Crippen LogP contribution in [0.2, 0.25) is 0 Å². The molecule has 2 fully saturated rings. The Bertz CT molecular complexity index is 1600. The molecule has 43 heavy (non-hydrogen) atoms. The summed E-state index contributed by atoms with van der Waals surface area (Å²) < 4.78 is 19.0. The van der Waals surface area contributed by atoms with Crippen LogP contribution in [-0.4, -0.2) is 71.6 Å². The van der Waals surface area contributed by atoms with Gasteiger partial charge in [0.2, 0.25) is 0 Å². The van der Waals surface area contributed by atoms with Gasteiger partial charge in [-0.15, -0.1) is 6.58 Å². The minimum atomic E-state index is -0.886. The Balaban J connectivity index is 1.46. The first-order chi connectivity index (χ1) is 20.5. The van der Waals surface area contributed by atoms with E-state index in [-0.39, 0.29) is 24.0 Å². The molecule has 5 atom stereocenters. The van der Waals surface area contributed by atoms with E-state index < -0.39 is 23.1 Å². The highest BCUT2D eigenvalue weighted by molar-refractivity contribution is 5.94. The molecule has 0 unspecified atom stereocenters. The van der Waals surface area contributed by atoms with E-state index in [0.717, 1.165) is 28.8 Å². The summed E-state index contributed by atoms with van der Waals surface area (Å²) in [7, 11) is 1.77. The highest BCUT2D eigenvalue weighted by atomic mass is 16.6. The molecule has 0 aromatic heterocycles. The van der Waals surface area contributed by atoms with E-state index in [2.05, 4.69) is 23.3 Å². The number of carbonyl (C=O) groups is 3. The van der Waals surface area contributed by atoms with E-state index in [4.69, 9.17) is 14.2 Å². The largest absolute Gasteiger partial charge is 0.483 e. The summed E-state index contributed by atoms with van der Waals surface area (Å²) in [5.74, 6) is 5.64. The summed E-state index contributed by atoms with van der Waals surface area (Å²) in [6.07, 6.45) is 3.76. The molecule has 0 radical (unpaired) electrons. The number of esters is 2. The molecule has 8 heteroatoms. The van der Waals surface area contributed by atoms with Crippen molar-refractivity contribution < 1.29 is 28.6 Å². The Morgan fingerprint density at radius 1 is 1.14 bits per heavy atom. The second-order valence-corrected chi connectivity index (χ2v) is 12.3. The molecule has 1 saturated heterocycles. The number of piperidine rings is 1. The number of benzene rings is 2. The van der Waals surface area contributed by atoms with Gasteiger partial charge in [-0.05, 0) is 74.4 Å². The first-order valence-corrected chi connectivity index (χ1v) is 14.9. The quantitative estimate of drug-likeness (QED) is 0.228. The van der Waals surface area contributed by atoms with Crippen LogP contribution in [0.15, 0.2) is 43.0 Å². The number of nitrogens with zero attached hydrogens (tertiary/aromatic N) is 2. The topological polar surface area (TPSA) is 85.4 Å². The zero-order chi connectivity index (χ0) is 30.7. The Morgan fingerprint density at radius 2 is 1.93 bits per heavy atom. The third kappa shape index (κ3) is 4.36. The van der Waals surface area contributed by atoms with Gasteiger partial charge < -0.3 is 19.1 Å². The first-order valence-electron chi connectivity index (χ1n) is 14.9. The number of likely N-dealkylation sites (N-methyl/N-ethyl adjacent to an activating group) is 1. The van der Waals surface area contributed by atoms with Crippen molar-refractivity contribution in [3.05, 3.63) is 70.8 Å². The number of rotatable bonds is 5. The summed E-state index contributed by atoms with van der Waals surface area (Å²) in [6.45, 7) is 12.3. The SMILES string of the molecule is C=CCN1CC[C@]23c4c5ccc(OC(C)=O)c4O[C@H]2[C@@H](N(C)C(=O)C#Cc2ccc(C)c(C)c2)CC[C@@]3(OC(C)=O)[C@H]1C5. The van der Waals surface area contributed by atoms with Crippen LogP contribution in [0, 0.1) is 25.7 Å². The summed E-state index contributed by atoms with van der Waals surface area (Å²) in [6, 6.07) is 9.25. The molecular formula is C35H38N2O6. The average molecular weight is 583 g/mol. The van der Waals surface area contributed by atoms with Crippen molar-refractivity contribution in [3.8, 4) is 23.3 Å². The van der Waals surface area contributed by atoms with Crippen LogP contribution in [0.5, 0.6) is 11.5 Å². The van der Waals surface area contributed by atoms with Crippen molar-refractivity contribution in [2.45, 2.75) is 82.6 Å². The number of aryl methyl sites for hydroxylation is 2. The Hall–Kier alpha value is -4.09. The highest BCUT2D eigenvalue weighted by Crippen LogP contribution is 2.67. The van der Waals surface area contributed by atoms with Gasteiger partial charge in [0, 0.05) is 51.0 Å². The Kier molecular flexibility index (Phi) is 7.13. The second-order valence-electron chi connectivity index (χ2n) is 12.3. The number of hydrogen-bond acceptors (Lipinski definition) is 7. The maximum Gasteiger partial charge on any atom is 0.308 e. The molecule has 8 nitrogen and oxygen atoms in total. The van der Waals surface area contributed by atoms with E-state index in [1.807, 2.05) is 44.2 Å². The normalized spacial score (nSPS) is 28.0. The fourth-order valence-electron chi connectivity index (χ4n) is 8.23. The third-order valence-corrected chi connectivity index (χ3v) is 10.1. The van der Waals surface area contributed by atoms with Gasteiger partial charge >= 0.3 is 11.9 Å². The number of likely N-dealkylation sites (tertiary alicyclic amines) is 1. The molecule has 1 amide bonds. The number of ether oxygens (including phenoxy) is 3. The zero-order valence-corrected chi connectivity index (χ0v) is 25.5. The predicted octanol–water partition coefficient (Wildman–Crippen LogP) is 4.02. The number of carbonyl (C=O) groups excluding carboxylic acids is 3. The highest BCUT2D eigenvalue weighted by Gasteiger charge is 2.75. The summed E-state index contributed by atoms with van der Waals surface area (Å²) >= 11 is 0. The minimum Gasteiger partial charge on any atom is -0.483 e. The molecule has 1 saturated carbocycles. The number of amides is 1. The van der Waals surface area contributed by atoms with Crippen molar-refractivity contribution in [1.29, 1.82) is 0 Å². The van der Waals surface area contributed by atoms with Gasteiger partial charge in [0.05, 0.1) is 17.5 Å². The smallest absolute Gasteiger partial charge is 0.308 e. The van der Waals surface area contributed by atoms with E-state index >= 15 is 0 Å². The Labute approximate surface area is 253 Å². The maximum atomic E-state index is 13.6. The molecule has 6 rings (SSSR count). The van der Waals surface area contributed by atoms with Crippen LogP contribution in [0.3, 0.4) is 0 Å². The van der Waals surface area contributed by atoms with Crippen LogP contribution in [0.25, 0.3) is 0 Å². The summed E-state index contributed by atoms with van der Waals surface area (Å²) in [5, 5.41) is 0. The fraction of sp³-hybridized carbons (Fsp3) is 0.457. The van der Waals surface area contributed by atoms with Crippen molar-refractivity contribution in [2.75, 3.05) is 20.1 Å². The van der Waals surface area contributed by atoms with E-state index in [9.17, 15) is 14.4 Å². The average Bonchev–Trinajstić information content (AvgIpc) is 3.30. The van der Waals surface area contributed by atoms with Crippen molar-refractivity contribution in [1.82, 2.24) is 9.80 Å². The molecule has 2 aromatic carbocycles. The molecule has 2 aromatic rings. The molecule has 1 spiro atoms. The molecule has 2 bridgehead atoms. The van der Waals surface area contributed by atoms with Gasteiger partial charge in [0.15, 0.2) is 11.5 Å². The molecule has 224 valence electrons. The lowest BCUT2D eigenvalue weighted by atomic mass is 9.48. The Morgan fingerprint density at radius 3 is 2.63 bits per heavy atom. The molecule has 2 aliphatic carbocycles. The summed E-state index contributed by atoms with van der Waals surface area (Å²) in [5.41, 5.74) is 3.47. The number of hydrogen-bond donors (Lipinski definition) is 0. The lowest BCUT2D eigenvalue weighted by Gasteiger charge is -2.65. The van der Waals surface area contributed by atoms with E-state index in [1.165, 1.54) is 19.4 Å². The summed E-state index contributed by atoms with van der Waals surface area (Å²) in [4.78, 5) is 42.5. The molecule has 4 aliphatic rings. The standard InChI is InChI=1S/C35H38N2O6/c1-7-17-37-18-16-34-31-26-11-12-28(41-23(4)38)32(31)42-33(34)27(14-15-35(34,29(37)20-26)43-24(5)39)36(6)30(40)13-10-25-9-8-21(2)22(3)19-25/h7-9,11-12,19,27,29,33H,1,14-18,20H2,2-6H3/t27-,29+,33-,34-,35+/m0/s1. The monoisotopic (exact) mass is 582 g/mol. The van der Waals surface area contributed by atoms with Crippen LogP contribution in [0.1, 0.15) is 60.9 Å². The van der Waals surface area contributed by atoms with Crippen LogP contribution >= 0.6 is 0 Å². The maximum absolute atomic E-state index is 13.6.